The van der Waals surface area contributed by atoms with E-state index in [1.54, 1.807) is 0 Å². The molecule has 0 aliphatic rings. The molecule has 0 aliphatic heterocycles. The summed E-state index contributed by atoms with van der Waals surface area (Å²) in [6, 6.07) is 28.5. The molecule has 1 N–H and O–H groups in total. The number of hydrogen-bond acceptors (Lipinski definition) is 1. The van der Waals surface area contributed by atoms with Gasteiger partial charge in [-0.1, -0.05) is 72.8 Å². The molecular formula is C24H26FN. The van der Waals surface area contributed by atoms with Gasteiger partial charge in [-0.15, -0.1) is 0 Å². The summed E-state index contributed by atoms with van der Waals surface area (Å²) in [6.45, 7) is 0.960. The van der Waals surface area contributed by atoms with E-state index in [1.165, 1.54) is 28.8 Å². The van der Waals surface area contributed by atoms with E-state index in [-0.39, 0.29) is 5.82 Å². The molecule has 0 fully saturated rings. The lowest BCUT2D eigenvalue weighted by molar-refractivity contribution is 0.498. The lowest BCUT2D eigenvalue weighted by Crippen LogP contribution is -2.34. The van der Waals surface area contributed by atoms with E-state index in [9.17, 15) is 4.39 Å². The Labute approximate surface area is 155 Å². The molecule has 0 saturated heterocycles. The van der Waals surface area contributed by atoms with Crippen LogP contribution in [0.2, 0.25) is 0 Å². The van der Waals surface area contributed by atoms with Gasteiger partial charge in [-0.05, 0) is 61.1 Å². The van der Waals surface area contributed by atoms with Gasteiger partial charge in [0.15, 0.2) is 0 Å². The third kappa shape index (κ3) is 6.12. The van der Waals surface area contributed by atoms with Gasteiger partial charge < -0.3 is 5.32 Å². The molecule has 26 heavy (non-hydrogen) atoms. The van der Waals surface area contributed by atoms with Crippen molar-refractivity contribution >= 4 is 0 Å². The molecule has 0 heterocycles. The monoisotopic (exact) mass is 347 g/mol. The normalized spacial score (nSPS) is 11.0. The van der Waals surface area contributed by atoms with Crippen LogP contribution in [-0.2, 0) is 19.3 Å². The SMILES string of the molecule is Fc1ccc(CCCNC(Cc2ccccc2)Cc2ccccc2)cc1. The van der Waals surface area contributed by atoms with Crippen LogP contribution in [-0.4, -0.2) is 12.6 Å². The summed E-state index contributed by atoms with van der Waals surface area (Å²) in [5.41, 5.74) is 3.91. The van der Waals surface area contributed by atoms with E-state index in [1.807, 2.05) is 12.1 Å². The molecule has 0 aliphatic carbocycles. The van der Waals surface area contributed by atoms with Gasteiger partial charge in [0.05, 0.1) is 0 Å². The van der Waals surface area contributed by atoms with Crippen LogP contribution in [0.3, 0.4) is 0 Å². The summed E-state index contributed by atoms with van der Waals surface area (Å²) >= 11 is 0. The Bertz CT molecular complexity index is 712. The number of aryl methyl sites for hydroxylation is 1. The summed E-state index contributed by atoms with van der Waals surface area (Å²) in [4.78, 5) is 0. The van der Waals surface area contributed by atoms with Crippen molar-refractivity contribution in [3.05, 3.63) is 107 Å². The van der Waals surface area contributed by atoms with Gasteiger partial charge in [0, 0.05) is 6.04 Å². The highest BCUT2D eigenvalue weighted by molar-refractivity contribution is 5.20. The first-order chi connectivity index (χ1) is 12.8. The fourth-order valence-corrected chi connectivity index (χ4v) is 3.26. The molecule has 0 amide bonds. The van der Waals surface area contributed by atoms with Gasteiger partial charge in [-0.3, -0.25) is 0 Å². The molecule has 0 bridgehead atoms. The van der Waals surface area contributed by atoms with E-state index in [0.717, 1.165) is 32.2 Å². The second kappa shape index (κ2) is 9.88. The second-order valence-corrected chi connectivity index (χ2v) is 6.76. The van der Waals surface area contributed by atoms with Crippen molar-refractivity contribution in [1.82, 2.24) is 5.32 Å². The fraction of sp³-hybridized carbons (Fsp3) is 0.250. The van der Waals surface area contributed by atoms with Gasteiger partial charge in [0.2, 0.25) is 0 Å². The summed E-state index contributed by atoms with van der Waals surface area (Å²) in [7, 11) is 0. The van der Waals surface area contributed by atoms with Crippen molar-refractivity contribution in [3.63, 3.8) is 0 Å². The van der Waals surface area contributed by atoms with Crippen LogP contribution in [0.4, 0.5) is 4.39 Å². The fourth-order valence-electron chi connectivity index (χ4n) is 3.26. The zero-order valence-electron chi connectivity index (χ0n) is 15.1. The molecule has 3 aromatic carbocycles. The largest absolute Gasteiger partial charge is 0.313 e. The molecule has 0 aromatic heterocycles. The Hall–Kier alpha value is -2.45. The van der Waals surface area contributed by atoms with E-state index >= 15 is 0 Å². The molecule has 134 valence electrons. The van der Waals surface area contributed by atoms with Crippen LogP contribution < -0.4 is 5.32 Å². The summed E-state index contributed by atoms with van der Waals surface area (Å²) in [6.07, 6.45) is 4.06. The van der Waals surface area contributed by atoms with E-state index in [4.69, 9.17) is 0 Å². The summed E-state index contributed by atoms with van der Waals surface area (Å²) in [5, 5.41) is 3.72. The smallest absolute Gasteiger partial charge is 0.123 e. The van der Waals surface area contributed by atoms with Gasteiger partial charge in [-0.25, -0.2) is 4.39 Å². The average molecular weight is 347 g/mol. The lowest BCUT2D eigenvalue weighted by Gasteiger charge is -2.19. The maximum absolute atomic E-state index is 13.0. The quantitative estimate of drug-likeness (QED) is 0.525. The van der Waals surface area contributed by atoms with Crippen LogP contribution in [0.5, 0.6) is 0 Å². The van der Waals surface area contributed by atoms with Crippen molar-refractivity contribution in [3.8, 4) is 0 Å². The standard InChI is InChI=1S/C24H26FN/c25-23-15-13-20(14-16-23)12-7-17-26-24(18-21-8-3-1-4-9-21)19-22-10-5-2-6-11-22/h1-6,8-11,13-16,24,26H,7,12,17-19H2. The Morgan fingerprint density at radius 1 is 0.654 bits per heavy atom. The summed E-state index contributed by atoms with van der Waals surface area (Å²) < 4.78 is 13.0. The predicted octanol–water partition coefficient (Wildman–Crippen LogP) is 5.20. The third-order valence-electron chi connectivity index (χ3n) is 4.64. The minimum atomic E-state index is -0.169. The molecule has 0 radical (unpaired) electrons. The first-order valence-corrected chi connectivity index (χ1v) is 9.35. The van der Waals surface area contributed by atoms with Crippen LogP contribution in [0.1, 0.15) is 23.1 Å². The number of hydrogen-bond donors (Lipinski definition) is 1. The van der Waals surface area contributed by atoms with Crippen molar-refractivity contribution < 1.29 is 4.39 Å². The highest BCUT2D eigenvalue weighted by Gasteiger charge is 2.10. The Balaban J connectivity index is 1.53. The highest BCUT2D eigenvalue weighted by Crippen LogP contribution is 2.10. The number of benzene rings is 3. The molecule has 3 rings (SSSR count). The van der Waals surface area contributed by atoms with Crippen molar-refractivity contribution in [2.24, 2.45) is 0 Å². The topological polar surface area (TPSA) is 12.0 Å². The number of rotatable bonds is 9. The van der Waals surface area contributed by atoms with Gasteiger partial charge in [0.25, 0.3) is 0 Å². The minimum absolute atomic E-state index is 0.169. The number of nitrogens with one attached hydrogen (secondary N) is 1. The lowest BCUT2D eigenvalue weighted by atomic mass is 9.98. The second-order valence-electron chi connectivity index (χ2n) is 6.76. The minimum Gasteiger partial charge on any atom is -0.313 e. The highest BCUT2D eigenvalue weighted by atomic mass is 19.1. The first-order valence-electron chi connectivity index (χ1n) is 9.35. The molecule has 0 spiro atoms. The molecule has 0 saturated carbocycles. The van der Waals surface area contributed by atoms with Gasteiger partial charge in [0.1, 0.15) is 5.82 Å². The molecule has 0 atom stereocenters. The van der Waals surface area contributed by atoms with Crippen molar-refractivity contribution in [2.75, 3.05) is 6.54 Å². The van der Waals surface area contributed by atoms with E-state index < -0.39 is 0 Å². The van der Waals surface area contributed by atoms with Crippen LogP contribution in [0.15, 0.2) is 84.9 Å². The van der Waals surface area contributed by atoms with Gasteiger partial charge in [-0.2, -0.15) is 0 Å². The molecule has 3 aromatic rings. The maximum atomic E-state index is 13.0. The van der Waals surface area contributed by atoms with Crippen molar-refractivity contribution in [2.45, 2.75) is 31.7 Å². The van der Waals surface area contributed by atoms with Crippen LogP contribution in [0.25, 0.3) is 0 Å². The molecule has 2 heteroatoms. The number of halogens is 1. The van der Waals surface area contributed by atoms with E-state index in [0.29, 0.717) is 6.04 Å². The maximum Gasteiger partial charge on any atom is 0.123 e. The predicted molar refractivity (Wildman–Crippen MR) is 107 cm³/mol. The van der Waals surface area contributed by atoms with Crippen LogP contribution in [0, 0.1) is 5.82 Å². The molecular weight excluding hydrogens is 321 g/mol. The summed E-state index contributed by atoms with van der Waals surface area (Å²) in [5.74, 6) is -0.169. The van der Waals surface area contributed by atoms with Crippen LogP contribution >= 0.6 is 0 Å². The third-order valence-corrected chi connectivity index (χ3v) is 4.64. The zero-order chi connectivity index (χ0) is 18.0. The zero-order valence-corrected chi connectivity index (χ0v) is 15.1. The molecule has 0 unspecified atom stereocenters. The van der Waals surface area contributed by atoms with E-state index in [2.05, 4.69) is 66.0 Å². The Morgan fingerprint density at radius 2 is 1.19 bits per heavy atom. The average Bonchev–Trinajstić information content (AvgIpc) is 2.68. The first kappa shape index (κ1) is 18.3. The molecule has 1 nitrogen and oxygen atoms in total. The Morgan fingerprint density at radius 3 is 1.73 bits per heavy atom. The van der Waals surface area contributed by atoms with Crippen molar-refractivity contribution in [1.29, 1.82) is 0 Å². The van der Waals surface area contributed by atoms with Gasteiger partial charge >= 0.3 is 0 Å². The Kier molecular flexibility index (Phi) is 6.97.